The van der Waals surface area contributed by atoms with Crippen LogP contribution in [0.5, 0.6) is 0 Å². The maximum Gasteiger partial charge on any atom is 0.228 e. The number of aromatic nitrogens is 2. The first-order valence-electron chi connectivity index (χ1n) is 6.37. The third-order valence-corrected chi connectivity index (χ3v) is 6.68. The molecule has 0 spiro atoms. The number of likely N-dealkylation sites (N-methyl/N-ethyl adjacent to an activating group) is 1. The van der Waals surface area contributed by atoms with Crippen molar-refractivity contribution < 1.29 is 4.52 Å². The average molecular weight is 287 g/mol. The SMILES string of the molecule is CNC(C)Cc1nc(C2CSC(C)C(C)S2)no1. The van der Waals surface area contributed by atoms with Gasteiger partial charge in [-0.2, -0.15) is 16.7 Å². The maximum atomic E-state index is 5.33. The van der Waals surface area contributed by atoms with Crippen LogP contribution in [-0.4, -0.2) is 39.5 Å². The lowest BCUT2D eigenvalue weighted by atomic mass is 10.2. The molecule has 18 heavy (non-hydrogen) atoms. The zero-order chi connectivity index (χ0) is 13.1. The molecular weight excluding hydrogens is 266 g/mol. The predicted molar refractivity (Wildman–Crippen MR) is 78.2 cm³/mol. The molecule has 0 saturated carbocycles. The van der Waals surface area contributed by atoms with E-state index in [0.29, 0.717) is 21.8 Å². The lowest BCUT2D eigenvalue weighted by molar-refractivity contribution is 0.361. The monoisotopic (exact) mass is 287 g/mol. The number of hydrogen-bond donors (Lipinski definition) is 1. The van der Waals surface area contributed by atoms with Gasteiger partial charge in [-0.25, -0.2) is 0 Å². The molecule has 1 aromatic rings. The van der Waals surface area contributed by atoms with Crippen LogP contribution in [0, 0.1) is 0 Å². The van der Waals surface area contributed by atoms with Crippen molar-refractivity contribution in [1.29, 1.82) is 0 Å². The summed E-state index contributed by atoms with van der Waals surface area (Å²) in [5.41, 5.74) is 0. The Morgan fingerprint density at radius 3 is 2.89 bits per heavy atom. The van der Waals surface area contributed by atoms with Crippen molar-refractivity contribution >= 4 is 23.5 Å². The Bertz CT molecular complexity index is 385. The van der Waals surface area contributed by atoms with Crippen molar-refractivity contribution in [3.8, 4) is 0 Å². The van der Waals surface area contributed by atoms with Crippen molar-refractivity contribution in [2.24, 2.45) is 0 Å². The molecule has 102 valence electrons. The molecule has 1 fully saturated rings. The van der Waals surface area contributed by atoms with Crippen LogP contribution in [0.25, 0.3) is 0 Å². The molecule has 1 aromatic heterocycles. The first-order chi connectivity index (χ1) is 8.60. The van der Waals surface area contributed by atoms with Gasteiger partial charge >= 0.3 is 0 Å². The number of nitrogens with one attached hydrogen (secondary N) is 1. The third kappa shape index (κ3) is 3.42. The van der Waals surface area contributed by atoms with Gasteiger partial charge in [-0.05, 0) is 14.0 Å². The molecule has 1 aliphatic heterocycles. The summed E-state index contributed by atoms with van der Waals surface area (Å²) in [5, 5.41) is 9.05. The largest absolute Gasteiger partial charge is 0.339 e. The van der Waals surface area contributed by atoms with Gasteiger partial charge in [0.15, 0.2) is 5.82 Å². The second kappa shape index (κ2) is 6.30. The highest BCUT2D eigenvalue weighted by molar-refractivity contribution is 8.07. The van der Waals surface area contributed by atoms with E-state index < -0.39 is 0 Å². The van der Waals surface area contributed by atoms with E-state index in [1.807, 2.05) is 30.6 Å². The van der Waals surface area contributed by atoms with E-state index in [9.17, 15) is 0 Å². The highest BCUT2D eigenvalue weighted by atomic mass is 32.2. The van der Waals surface area contributed by atoms with Gasteiger partial charge in [0.1, 0.15) is 0 Å². The number of thioether (sulfide) groups is 2. The molecular formula is C12H21N3OS2. The van der Waals surface area contributed by atoms with Crippen molar-refractivity contribution in [1.82, 2.24) is 15.5 Å². The second-order valence-electron chi connectivity index (χ2n) is 4.81. The number of rotatable bonds is 4. The van der Waals surface area contributed by atoms with Gasteiger partial charge in [0.05, 0.1) is 5.25 Å². The van der Waals surface area contributed by atoms with Gasteiger partial charge in [-0.3, -0.25) is 0 Å². The molecule has 0 aliphatic carbocycles. The summed E-state index contributed by atoms with van der Waals surface area (Å²) in [4.78, 5) is 4.53. The van der Waals surface area contributed by atoms with Crippen LogP contribution in [-0.2, 0) is 6.42 Å². The molecule has 2 heterocycles. The molecule has 0 bridgehead atoms. The minimum atomic E-state index is 0.366. The Balaban J connectivity index is 1.97. The van der Waals surface area contributed by atoms with Gasteiger partial charge in [-0.1, -0.05) is 19.0 Å². The quantitative estimate of drug-likeness (QED) is 0.918. The van der Waals surface area contributed by atoms with E-state index in [4.69, 9.17) is 4.52 Å². The van der Waals surface area contributed by atoms with Crippen molar-refractivity contribution in [2.45, 2.75) is 49.0 Å². The molecule has 1 aliphatic rings. The highest BCUT2D eigenvalue weighted by Gasteiger charge is 2.29. The molecule has 1 N–H and O–H groups in total. The molecule has 4 nitrogen and oxygen atoms in total. The third-order valence-electron chi connectivity index (χ3n) is 3.30. The van der Waals surface area contributed by atoms with Crippen molar-refractivity contribution in [2.75, 3.05) is 12.8 Å². The minimum absolute atomic E-state index is 0.366. The first kappa shape index (κ1) is 14.2. The smallest absolute Gasteiger partial charge is 0.228 e. The van der Waals surface area contributed by atoms with E-state index in [-0.39, 0.29) is 0 Å². The fraction of sp³-hybridized carbons (Fsp3) is 0.833. The molecule has 0 aromatic carbocycles. The van der Waals surface area contributed by atoms with Gasteiger partial charge in [0.25, 0.3) is 0 Å². The van der Waals surface area contributed by atoms with E-state index >= 15 is 0 Å². The fourth-order valence-electron chi connectivity index (χ4n) is 1.76. The van der Waals surface area contributed by atoms with Gasteiger partial charge in [0, 0.05) is 28.7 Å². The summed E-state index contributed by atoms with van der Waals surface area (Å²) in [6.45, 7) is 6.67. The van der Waals surface area contributed by atoms with Crippen molar-refractivity contribution in [3.63, 3.8) is 0 Å². The number of hydrogen-bond acceptors (Lipinski definition) is 6. The summed E-state index contributed by atoms with van der Waals surface area (Å²) < 4.78 is 5.33. The van der Waals surface area contributed by atoms with Crippen LogP contribution in [0.4, 0.5) is 0 Å². The minimum Gasteiger partial charge on any atom is -0.339 e. The normalized spacial score (nSPS) is 30.3. The fourth-order valence-corrected chi connectivity index (χ4v) is 4.60. The first-order valence-corrected chi connectivity index (χ1v) is 8.36. The Kier molecular flexibility index (Phi) is 4.98. The van der Waals surface area contributed by atoms with Gasteiger partial charge in [-0.15, -0.1) is 11.8 Å². The Labute approximate surface area is 117 Å². The van der Waals surface area contributed by atoms with E-state index in [0.717, 1.165) is 23.9 Å². The van der Waals surface area contributed by atoms with Crippen LogP contribution in [0.3, 0.4) is 0 Å². The van der Waals surface area contributed by atoms with Crippen LogP contribution < -0.4 is 5.32 Å². The summed E-state index contributed by atoms with van der Waals surface area (Å²) >= 11 is 3.97. The van der Waals surface area contributed by atoms with Crippen LogP contribution in [0.1, 0.15) is 37.7 Å². The standard InChI is InChI=1S/C12H21N3OS2/c1-7(13-4)5-11-14-12(15-16-11)10-6-17-8(2)9(3)18-10/h7-10,13H,5-6H2,1-4H3. The van der Waals surface area contributed by atoms with Gasteiger partial charge in [0.2, 0.25) is 5.89 Å². The molecule has 0 amide bonds. The van der Waals surface area contributed by atoms with E-state index in [1.54, 1.807) is 0 Å². The summed E-state index contributed by atoms with van der Waals surface area (Å²) in [6.07, 6.45) is 0.792. The average Bonchev–Trinajstić information content (AvgIpc) is 2.81. The predicted octanol–water partition coefficient (Wildman–Crippen LogP) is 2.52. The lowest BCUT2D eigenvalue weighted by Crippen LogP contribution is -2.24. The Hall–Kier alpha value is -0.200. The van der Waals surface area contributed by atoms with E-state index in [1.165, 1.54) is 0 Å². The Morgan fingerprint density at radius 1 is 1.44 bits per heavy atom. The molecule has 4 unspecified atom stereocenters. The maximum absolute atomic E-state index is 5.33. The zero-order valence-electron chi connectivity index (χ0n) is 11.3. The second-order valence-corrected chi connectivity index (χ2v) is 7.80. The topological polar surface area (TPSA) is 51.0 Å². The molecule has 4 atom stereocenters. The molecule has 1 saturated heterocycles. The van der Waals surface area contributed by atoms with E-state index in [2.05, 4.69) is 36.2 Å². The lowest BCUT2D eigenvalue weighted by Gasteiger charge is -2.29. The van der Waals surface area contributed by atoms with Crippen LogP contribution in [0.15, 0.2) is 4.52 Å². The molecule has 6 heteroatoms. The summed E-state index contributed by atoms with van der Waals surface area (Å²) in [6, 6.07) is 0.366. The van der Waals surface area contributed by atoms with Crippen molar-refractivity contribution in [3.05, 3.63) is 11.7 Å². The summed E-state index contributed by atoms with van der Waals surface area (Å²) in [7, 11) is 1.94. The molecule has 2 rings (SSSR count). The summed E-state index contributed by atoms with van der Waals surface area (Å²) in [5.74, 6) is 2.68. The molecule has 0 radical (unpaired) electrons. The highest BCUT2D eigenvalue weighted by Crippen LogP contribution is 2.43. The van der Waals surface area contributed by atoms with Crippen LogP contribution in [0.2, 0.25) is 0 Å². The Morgan fingerprint density at radius 2 is 2.22 bits per heavy atom. The van der Waals surface area contributed by atoms with Gasteiger partial charge < -0.3 is 9.84 Å². The van der Waals surface area contributed by atoms with Crippen LogP contribution >= 0.6 is 23.5 Å². The zero-order valence-corrected chi connectivity index (χ0v) is 13.0. The number of nitrogens with zero attached hydrogens (tertiary/aromatic N) is 2.